The van der Waals surface area contributed by atoms with Crippen LogP contribution in [0.2, 0.25) is 0 Å². The van der Waals surface area contributed by atoms with Crippen LogP contribution in [0.3, 0.4) is 0 Å². The third kappa shape index (κ3) is 3.37. The van der Waals surface area contributed by atoms with Gasteiger partial charge in [-0.15, -0.1) is 0 Å². The Bertz CT molecular complexity index is 535. The lowest BCUT2D eigenvalue weighted by molar-refractivity contribution is 0.853. The monoisotopic (exact) mass is 241 g/mol. The highest BCUT2D eigenvalue weighted by Crippen LogP contribution is 2.10. The molecule has 0 radical (unpaired) electrons. The molecule has 0 aliphatic carbocycles. The molecule has 2 N–H and O–H groups in total. The van der Waals surface area contributed by atoms with Crippen molar-refractivity contribution < 1.29 is 0 Å². The lowest BCUT2D eigenvalue weighted by Crippen LogP contribution is -2.08. The first-order valence-corrected chi connectivity index (χ1v) is 6.26. The van der Waals surface area contributed by atoms with Crippen molar-refractivity contribution in [2.24, 2.45) is 5.73 Å². The molecule has 0 bridgehead atoms. The summed E-state index contributed by atoms with van der Waals surface area (Å²) in [6.07, 6.45) is 1.59. The quantitative estimate of drug-likeness (QED) is 0.892. The highest BCUT2D eigenvalue weighted by molar-refractivity contribution is 5.25. The Balaban J connectivity index is 2.23. The predicted molar refractivity (Wildman–Crippen MR) is 73.5 cm³/mol. The summed E-state index contributed by atoms with van der Waals surface area (Å²) in [5.74, 6) is 0.879. The molecule has 3 nitrogen and oxygen atoms in total. The van der Waals surface area contributed by atoms with Crippen LogP contribution >= 0.6 is 0 Å². The molecule has 2 rings (SSSR count). The van der Waals surface area contributed by atoms with E-state index in [-0.39, 0.29) is 0 Å². The summed E-state index contributed by atoms with van der Waals surface area (Å²) in [5, 5.41) is 0. The van der Waals surface area contributed by atoms with E-state index < -0.39 is 0 Å². The maximum absolute atomic E-state index is 5.57. The summed E-state index contributed by atoms with van der Waals surface area (Å²) >= 11 is 0. The molecule has 3 heteroatoms. The van der Waals surface area contributed by atoms with Crippen LogP contribution in [0.15, 0.2) is 30.3 Å². The first-order valence-electron chi connectivity index (χ1n) is 6.26. The summed E-state index contributed by atoms with van der Waals surface area (Å²) in [4.78, 5) is 9.05. The smallest absolute Gasteiger partial charge is 0.133 e. The van der Waals surface area contributed by atoms with Crippen molar-refractivity contribution in [3.63, 3.8) is 0 Å². The Kier molecular flexibility index (Phi) is 4.05. The van der Waals surface area contributed by atoms with Crippen LogP contribution < -0.4 is 5.73 Å². The zero-order valence-corrected chi connectivity index (χ0v) is 11.0. The van der Waals surface area contributed by atoms with Crippen LogP contribution in [0.1, 0.15) is 28.3 Å². The van der Waals surface area contributed by atoms with Gasteiger partial charge in [0.2, 0.25) is 0 Å². The zero-order chi connectivity index (χ0) is 13.0. The molecule has 0 spiro atoms. The summed E-state index contributed by atoms with van der Waals surface area (Å²) < 4.78 is 0. The second-order valence-corrected chi connectivity index (χ2v) is 4.62. The van der Waals surface area contributed by atoms with E-state index in [1.54, 1.807) is 0 Å². The van der Waals surface area contributed by atoms with E-state index in [9.17, 15) is 0 Å². The summed E-state index contributed by atoms with van der Waals surface area (Å²) in [7, 11) is 0. The van der Waals surface area contributed by atoms with Crippen LogP contribution in [-0.4, -0.2) is 16.5 Å². The standard InChI is InChI=1S/C15H19N3/c1-11-4-3-5-13(8-11)10-15-17-12(2)9-14(18-15)6-7-16/h3-5,8-9H,6-7,10,16H2,1-2H3. The molecule has 94 valence electrons. The van der Waals surface area contributed by atoms with Crippen LogP contribution in [0.25, 0.3) is 0 Å². The third-order valence-electron chi connectivity index (χ3n) is 2.80. The van der Waals surface area contributed by atoms with Gasteiger partial charge in [-0.3, -0.25) is 0 Å². The van der Waals surface area contributed by atoms with Crippen molar-refractivity contribution in [2.75, 3.05) is 6.54 Å². The lowest BCUT2D eigenvalue weighted by Gasteiger charge is -2.06. The van der Waals surface area contributed by atoms with E-state index in [2.05, 4.69) is 41.2 Å². The highest BCUT2D eigenvalue weighted by atomic mass is 14.9. The van der Waals surface area contributed by atoms with Crippen molar-refractivity contribution in [3.8, 4) is 0 Å². The molecule has 18 heavy (non-hydrogen) atoms. The van der Waals surface area contributed by atoms with E-state index in [4.69, 9.17) is 5.73 Å². The molecular weight excluding hydrogens is 222 g/mol. The van der Waals surface area contributed by atoms with Crippen molar-refractivity contribution in [3.05, 3.63) is 58.7 Å². The molecule has 0 saturated carbocycles. The van der Waals surface area contributed by atoms with Gasteiger partial charge in [0.25, 0.3) is 0 Å². The Hall–Kier alpha value is -1.74. The Labute approximate surface area is 108 Å². The molecule has 1 heterocycles. The first-order chi connectivity index (χ1) is 8.67. The van der Waals surface area contributed by atoms with Gasteiger partial charge in [0.1, 0.15) is 5.82 Å². The summed E-state index contributed by atoms with van der Waals surface area (Å²) in [6, 6.07) is 10.5. The van der Waals surface area contributed by atoms with Crippen LogP contribution in [-0.2, 0) is 12.8 Å². The van der Waals surface area contributed by atoms with E-state index in [1.807, 2.05) is 13.0 Å². The number of aryl methyl sites for hydroxylation is 2. The molecule has 0 aliphatic heterocycles. The Morgan fingerprint density at radius 1 is 1.11 bits per heavy atom. The van der Waals surface area contributed by atoms with Crippen molar-refractivity contribution in [1.82, 2.24) is 9.97 Å². The molecule has 1 aromatic carbocycles. The molecule has 1 aromatic heterocycles. The van der Waals surface area contributed by atoms with Gasteiger partial charge in [-0.1, -0.05) is 29.8 Å². The number of benzene rings is 1. The molecular formula is C15H19N3. The number of hydrogen-bond donors (Lipinski definition) is 1. The van der Waals surface area contributed by atoms with Crippen molar-refractivity contribution in [2.45, 2.75) is 26.7 Å². The maximum atomic E-state index is 5.57. The van der Waals surface area contributed by atoms with Gasteiger partial charge in [-0.25, -0.2) is 9.97 Å². The predicted octanol–water partition coefficient (Wildman–Crippen LogP) is 2.19. The topological polar surface area (TPSA) is 51.8 Å². The molecule has 0 amide bonds. The minimum atomic E-state index is 0.625. The number of hydrogen-bond acceptors (Lipinski definition) is 3. The fraction of sp³-hybridized carbons (Fsp3) is 0.333. The summed E-state index contributed by atoms with van der Waals surface area (Å²) in [6.45, 7) is 4.72. The molecule has 0 fully saturated rings. The fourth-order valence-corrected chi connectivity index (χ4v) is 2.06. The average molecular weight is 241 g/mol. The SMILES string of the molecule is Cc1cccc(Cc2nc(C)cc(CCN)n2)c1. The van der Waals surface area contributed by atoms with Crippen LogP contribution in [0.4, 0.5) is 0 Å². The number of rotatable bonds is 4. The molecule has 0 atom stereocenters. The Morgan fingerprint density at radius 3 is 2.67 bits per heavy atom. The van der Waals surface area contributed by atoms with E-state index in [0.29, 0.717) is 6.54 Å². The second kappa shape index (κ2) is 5.74. The maximum Gasteiger partial charge on any atom is 0.133 e. The van der Waals surface area contributed by atoms with Gasteiger partial charge in [0, 0.05) is 24.2 Å². The van der Waals surface area contributed by atoms with Crippen LogP contribution in [0.5, 0.6) is 0 Å². The minimum Gasteiger partial charge on any atom is -0.330 e. The first kappa shape index (κ1) is 12.7. The van der Waals surface area contributed by atoms with E-state index in [0.717, 1.165) is 30.1 Å². The molecule has 0 unspecified atom stereocenters. The molecule has 0 saturated heterocycles. The molecule has 0 aliphatic rings. The average Bonchev–Trinajstić information content (AvgIpc) is 2.28. The van der Waals surface area contributed by atoms with Gasteiger partial charge in [0.05, 0.1) is 0 Å². The van der Waals surface area contributed by atoms with Gasteiger partial charge < -0.3 is 5.73 Å². The second-order valence-electron chi connectivity index (χ2n) is 4.62. The van der Waals surface area contributed by atoms with Gasteiger partial charge in [0.15, 0.2) is 0 Å². The fourth-order valence-electron chi connectivity index (χ4n) is 2.06. The number of nitrogens with zero attached hydrogens (tertiary/aromatic N) is 2. The van der Waals surface area contributed by atoms with E-state index in [1.165, 1.54) is 11.1 Å². The number of nitrogens with two attached hydrogens (primary N) is 1. The summed E-state index contributed by atoms with van der Waals surface area (Å²) in [5.41, 5.74) is 10.1. The zero-order valence-electron chi connectivity index (χ0n) is 11.0. The minimum absolute atomic E-state index is 0.625. The van der Waals surface area contributed by atoms with Crippen molar-refractivity contribution >= 4 is 0 Å². The van der Waals surface area contributed by atoms with Crippen LogP contribution in [0, 0.1) is 13.8 Å². The third-order valence-corrected chi connectivity index (χ3v) is 2.80. The molecule has 2 aromatic rings. The highest BCUT2D eigenvalue weighted by Gasteiger charge is 2.03. The Morgan fingerprint density at radius 2 is 1.94 bits per heavy atom. The number of aromatic nitrogens is 2. The lowest BCUT2D eigenvalue weighted by atomic mass is 10.1. The van der Waals surface area contributed by atoms with Gasteiger partial charge in [-0.05, 0) is 32.0 Å². The van der Waals surface area contributed by atoms with Gasteiger partial charge in [-0.2, -0.15) is 0 Å². The largest absolute Gasteiger partial charge is 0.330 e. The normalized spacial score (nSPS) is 10.6. The van der Waals surface area contributed by atoms with Crippen molar-refractivity contribution in [1.29, 1.82) is 0 Å². The van der Waals surface area contributed by atoms with E-state index >= 15 is 0 Å². The van der Waals surface area contributed by atoms with Gasteiger partial charge >= 0.3 is 0 Å².